The van der Waals surface area contributed by atoms with Gasteiger partial charge in [0.05, 0.1) is 11.3 Å². The molecule has 0 aliphatic carbocycles. The van der Waals surface area contributed by atoms with Gasteiger partial charge in [0.25, 0.3) is 11.6 Å². The standard InChI is InChI=1S/C17H16N2O5/c1-12-2-4-13(5-3-12)10-17(21)24-11-16(20)18-14-6-8-15(9-7-14)19(22)23/h2-9H,10-11H2,1H3,(H,18,20). The molecule has 0 radical (unpaired) electrons. The molecule has 0 aliphatic rings. The fraction of sp³-hybridized carbons (Fsp3) is 0.176. The number of ether oxygens (including phenoxy) is 1. The summed E-state index contributed by atoms with van der Waals surface area (Å²) in [5.41, 5.74) is 2.22. The lowest BCUT2D eigenvalue weighted by Gasteiger charge is -2.07. The van der Waals surface area contributed by atoms with Crippen LogP contribution in [0.1, 0.15) is 11.1 Å². The zero-order chi connectivity index (χ0) is 17.5. The maximum absolute atomic E-state index is 11.7. The van der Waals surface area contributed by atoms with Crippen molar-refractivity contribution in [3.63, 3.8) is 0 Å². The molecule has 7 heteroatoms. The minimum atomic E-state index is -0.529. The molecule has 0 fully saturated rings. The number of carbonyl (C=O) groups is 2. The molecule has 1 amide bonds. The number of aryl methyl sites for hydroxylation is 1. The van der Waals surface area contributed by atoms with E-state index in [9.17, 15) is 19.7 Å². The van der Waals surface area contributed by atoms with Gasteiger partial charge in [-0.2, -0.15) is 0 Å². The Bertz CT molecular complexity index is 739. The maximum atomic E-state index is 11.7. The van der Waals surface area contributed by atoms with Gasteiger partial charge in [0.2, 0.25) is 0 Å². The Balaban J connectivity index is 1.78. The highest BCUT2D eigenvalue weighted by Crippen LogP contribution is 2.15. The summed E-state index contributed by atoms with van der Waals surface area (Å²) in [6.07, 6.45) is 0.0884. The van der Waals surface area contributed by atoms with Gasteiger partial charge in [0.1, 0.15) is 0 Å². The number of hydrogen-bond donors (Lipinski definition) is 1. The minimum Gasteiger partial charge on any atom is -0.455 e. The fourth-order valence-corrected chi connectivity index (χ4v) is 1.93. The van der Waals surface area contributed by atoms with Crippen LogP contribution < -0.4 is 5.32 Å². The molecule has 0 aromatic heterocycles. The molecule has 0 spiro atoms. The second-order valence-electron chi connectivity index (χ2n) is 5.18. The highest BCUT2D eigenvalue weighted by atomic mass is 16.6. The van der Waals surface area contributed by atoms with E-state index in [2.05, 4.69) is 5.32 Å². The third-order valence-corrected chi connectivity index (χ3v) is 3.20. The van der Waals surface area contributed by atoms with Crippen molar-refractivity contribution in [2.45, 2.75) is 13.3 Å². The van der Waals surface area contributed by atoms with E-state index >= 15 is 0 Å². The van der Waals surface area contributed by atoms with Crippen molar-refractivity contribution in [3.05, 3.63) is 69.8 Å². The van der Waals surface area contributed by atoms with Crippen LogP contribution in [0.25, 0.3) is 0 Å². The Labute approximate surface area is 138 Å². The Hall–Kier alpha value is -3.22. The van der Waals surface area contributed by atoms with Gasteiger partial charge in [-0.05, 0) is 24.6 Å². The van der Waals surface area contributed by atoms with Gasteiger partial charge >= 0.3 is 5.97 Å². The number of esters is 1. The Kier molecular flexibility index (Phi) is 5.62. The van der Waals surface area contributed by atoms with Gasteiger partial charge in [0.15, 0.2) is 6.61 Å². The summed E-state index contributed by atoms with van der Waals surface area (Å²) in [6, 6.07) is 12.8. The molecule has 2 aromatic carbocycles. The number of non-ortho nitro benzene ring substituents is 1. The molecule has 24 heavy (non-hydrogen) atoms. The topological polar surface area (TPSA) is 98.5 Å². The Morgan fingerprint density at radius 2 is 1.71 bits per heavy atom. The molecular formula is C17H16N2O5. The van der Waals surface area contributed by atoms with E-state index in [1.165, 1.54) is 24.3 Å². The van der Waals surface area contributed by atoms with Crippen LogP contribution in [0.3, 0.4) is 0 Å². The number of anilines is 1. The molecule has 124 valence electrons. The highest BCUT2D eigenvalue weighted by Gasteiger charge is 2.10. The first-order chi connectivity index (χ1) is 11.4. The van der Waals surface area contributed by atoms with Crippen molar-refractivity contribution in [1.29, 1.82) is 0 Å². The molecule has 0 saturated heterocycles. The lowest BCUT2D eigenvalue weighted by Crippen LogP contribution is -2.21. The van der Waals surface area contributed by atoms with Crippen LogP contribution in [0.4, 0.5) is 11.4 Å². The fourth-order valence-electron chi connectivity index (χ4n) is 1.93. The second kappa shape index (κ2) is 7.87. The van der Waals surface area contributed by atoms with Crippen molar-refractivity contribution in [3.8, 4) is 0 Å². The number of carbonyl (C=O) groups excluding carboxylic acids is 2. The number of benzene rings is 2. The molecule has 0 heterocycles. The zero-order valence-corrected chi connectivity index (χ0v) is 13.0. The van der Waals surface area contributed by atoms with Crippen LogP contribution in [-0.4, -0.2) is 23.4 Å². The van der Waals surface area contributed by atoms with Crippen LogP contribution in [-0.2, 0) is 20.7 Å². The summed E-state index contributed by atoms with van der Waals surface area (Å²) < 4.78 is 4.91. The normalized spacial score (nSPS) is 10.0. The molecule has 2 rings (SSSR count). The number of nitrogens with one attached hydrogen (secondary N) is 1. The molecule has 1 N–H and O–H groups in total. The number of nitrogens with zero attached hydrogens (tertiary/aromatic N) is 1. The lowest BCUT2D eigenvalue weighted by atomic mass is 10.1. The van der Waals surface area contributed by atoms with E-state index in [1.807, 2.05) is 31.2 Å². The monoisotopic (exact) mass is 328 g/mol. The van der Waals surface area contributed by atoms with Crippen LogP contribution in [0.15, 0.2) is 48.5 Å². The number of amides is 1. The first-order valence-electron chi connectivity index (χ1n) is 7.19. The second-order valence-corrected chi connectivity index (χ2v) is 5.18. The summed E-state index contributed by atoms with van der Waals surface area (Å²) in [6.45, 7) is 1.53. The summed E-state index contributed by atoms with van der Waals surface area (Å²) in [5, 5.41) is 13.0. The third-order valence-electron chi connectivity index (χ3n) is 3.20. The summed E-state index contributed by atoms with van der Waals surface area (Å²) >= 11 is 0. The van der Waals surface area contributed by atoms with E-state index in [0.29, 0.717) is 5.69 Å². The lowest BCUT2D eigenvalue weighted by molar-refractivity contribution is -0.384. The molecule has 0 unspecified atom stereocenters. The number of hydrogen-bond acceptors (Lipinski definition) is 5. The molecule has 0 atom stereocenters. The summed E-state index contributed by atoms with van der Waals surface area (Å²) in [7, 11) is 0. The summed E-state index contributed by atoms with van der Waals surface area (Å²) in [4.78, 5) is 33.4. The number of nitro groups is 1. The quantitative estimate of drug-likeness (QED) is 0.499. The summed E-state index contributed by atoms with van der Waals surface area (Å²) in [5.74, 6) is -1.01. The number of nitro benzene ring substituents is 1. The third kappa shape index (κ3) is 5.20. The minimum absolute atomic E-state index is 0.0717. The first kappa shape index (κ1) is 17.1. The van der Waals surface area contributed by atoms with Crippen LogP contribution in [0.2, 0.25) is 0 Å². The van der Waals surface area contributed by atoms with Crippen molar-refractivity contribution in [1.82, 2.24) is 0 Å². The van der Waals surface area contributed by atoms with Gasteiger partial charge < -0.3 is 10.1 Å². The van der Waals surface area contributed by atoms with Gasteiger partial charge in [-0.1, -0.05) is 29.8 Å². The van der Waals surface area contributed by atoms with Gasteiger partial charge in [-0.15, -0.1) is 0 Å². The predicted octanol–water partition coefficient (Wildman–Crippen LogP) is 2.63. The van der Waals surface area contributed by atoms with Crippen molar-refractivity contribution >= 4 is 23.3 Å². The largest absolute Gasteiger partial charge is 0.455 e. The zero-order valence-electron chi connectivity index (χ0n) is 13.0. The molecular weight excluding hydrogens is 312 g/mol. The van der Waals surface area contributed by atoms with Crippen molar-refractivity contribution in [2.24, 2.45) is 0 Å². The SMILES string of the molecule is Cc1ccc(CC(=O)OCC(=O)Nc2ccc([N+](=O)[O-])cc2)cc1. The smallest absolute Gasteiger partial charge is 0.310 e. The maximum Gasteiger partial charge on any atom is 0.310 e. The van der Waals surface area contributed by atoms with Crippen molar-refractivity contribution < 1.29 is 19.2 Å². The van der Waals surface area contributed by atoms with E-state index < -0.39 is 23.4 Å². The average Bonchev–Trinajstić information content (AvgIpc) is 2.55. The average molecular weight is 328 g/mol. The van der Waals surface area contributed by atoms with Crippen LogP contribution >= 0.6 is 0 Å². The highest BCUT2D eigenvalue weighted by molar-refractivity contribution is 5.93. The molecule has 0 bridgehead atoms. The number of rotatable bonds is 6. The van der Waals surface area contributed by atoms with Crippen LogP contribution in [0, 0.1) is 17.0 Å². The molecule has 0 aliphatic heterocycles. The molecule has 7 nitrogen and oxygen atoms in total. The van der Waals surface area contributed by atoms with Crippen LogP contribution in [0.5, 0.6) is 0 Å². The Morgan fingerprint density at radius 3 is 2.29 bits per heavy atom. The first-order valence-corrected chi connectivity index (χ1v) is 7.19. The van der Waals surface area contributed by atoms with Gasteiger partial charge in [-0.25, -0.2) is 0 Å². The van der Waals surface area contributed by atoms with E-state index in [4.69, 9.17) is 4.74 Å². The van der Waals surface area contributed by atoms with Gasteiger partial charge in [0, 0.05) is 17.8 Å². The Morgan fingerprint density at radius 1 is 1.08 bits per heavy atom. The van der Waals surface area contributed by atoms with E-state index in [0.717, 1.165) is 11.1 Å². The predicted molar refractivity (Wildman–Crippen MR) is 87.6 cm³/mol. The van der Waals surface area contributed by atoms with Crippen molar-refractivity contribution in [2.75, 3.05) is 11.9 Å². The molecule has 0 saturated carbocycles. The van der Waals surface area contributed by atoms with E-state index in [-0.39, 0.29) is 12.1 Å². The molecule has 2 aromatic rings. The van der Waals surface area contributed by atoms with E-state index in [1.54, 1.807) is 0 Å². The van der Waals surface area contributed by atoms with Gasteiger partial charge in [-0.3, -0.25) is 19.7 Å².